The highest BCUT2D eigenvalue weighted by atomic mass is 16.5. The minimum atomic E-state index is 0.00235. The predicted molar refractivity (Wildman–Crippen MR) is 102 cm³/mol. The highest BCUT2D eigenvalue weighted by Gasteiger charge is 2.07. The third-order valence-corrected chi connectivity index (χ3v) is 4.19. The van der Waals surface area contributed by atoms with Gasteiger partial charge in [0, 0.05) is 0 Å². The molecule has 0 bridgehead atoms. The largest absolute Gasteiger partial charge is 0.497 e. The van der Waals surface area contributed by atoms with E-state index in [2.05, 4.69) is 0 Å². The van der Waals surface area contributed by atoms with Crippen LogP contribution in [0.4, 0.5) is 0 Å². The molecule has 1 heterocycles. The number of benzene rings is 3. The maximum absolute atomic E-state index is 12.5. The van der Waals surface area contributed by atoms with E-state index in [9.17, 15) is 4.79 Å². The molecule has 0 amide bonds. The van der Waals surface area contributed by atoms with Crippen molar-refractivity contribution in [2.24, 2.45) is 0 Å². The van der Waals surface area contributed by atoms with Crippen LogP contribution in [-0.4, -0.2) is 7.11 Å². The lowest BCUT2D eigenvalue weighted by atomic mass is 10.1. The molecule has 3 heteroatoms. The van der Waals surface area contributed by atoms with E-state index in [0.717, 1.165) is 16.9 Å². The summed E-state index contributed by atoms with van der Waals surface area (Å²) in [6.07, 6.45) is 4.01. The molecule has 1 aromatic heterocycles. The molecule has 0 saturated carbocycles. The van der Waals surface area contributed by atoms with Gasteiger partial charge in [0.2, 0.25) is 5.43 Å². The molecule has 0 aliphatic carbocycles. The zero-order valence-corrected chi connectivity index (χ0v) is 13.7. The number of ether oxygens (including phenoxy) is 1. The molecular formula is C22H16O3. The van der Waals surface area contributed by atoms with Crippen molar-refractivity contribution >= 4 is 34.1 Å². The van der Waals surface area contributed by atoms with Gasteiger partial charge in [-0.15, -0.1) is 0 Å². The number of hydrogen-bond donors (Lipinski definition) is 0. The fraction of sp³-hybridized carbons (Fsp3) is 0.0455. The zero-order valence-electron chi connectivity index (χ0n) is 13.7. The third-order valence-electron chi connectivity index (χ3n) is 4.19. The van der Waals surface area contributed by atoms with Crippen LogP contribution < -0.4 is 10.2 Å². The van der Waals surface area contributed by atoms with Crippen LogP contribution >= 0.6 is 0 Å². The van der Waals surface area contributed by atoms with Gasteiger partial charge in [-0.25, -0.2) is 0 Å². The van der Waals surface area contributed by atoms with Crippen molar-refractivity contribution in [3.05, 3.63) is 88.1 Å². The fourth-order valence-electron chi connectivity index (χ4n) is 2.83. The molecule has 4 aromatic rings. The molecule has 3 aromatic carbocycles. The second-order valence-electron chi connectivity index (χ2n) is 5.79. The van der Waals surface area contributed by atoms with Gasteiger partial charge in [-0.2, -0.15) is 0 Å². The lowest BCUT2D eigenvalue weighted by molar-refractivity contribution is 0.415. The van der Waals surface area contributed by atoms with Gasteiger partial charge in [-0.3, -0.25) is 4.79 Å². The van der Waals surface area contributed by atoms with Crippen molar-refractivity contribution < 1.29 is 9.15 Å². The Balaban J connectivity index is 1.74. The molecule has 0 N–H and O–H groups in total. The maximum atomic E-state index is 12.5. The first-order valence-corrected chi connectivity index (χ1v) is 8.02. The normalized spacial score (nSPS) is 11.4. The van der Waals surface area contributed by atoms with E-state index in [0.29, 0.717) is 21.9 Å². The molecule has 0 aliphatic heterocycles. The van der Waals surface area contributed by atoms with E-state index in [-0.39, 0.29) is 5.43 Å². The summed E-state index contributed by atoms with van der Waals surface area (Å²) in [5, 5.41) is 1.21. The van der Waals surface area contributed by atoms with Crippen molar-refractivity contribution in [3.63, 3.8) is 0 Å². The quantitative estimate of drug-likeness (QED) is 0.387. The Morgan fingerprint density at radius 2 is 1.48 bits per heavy atom. The van der Waals surface area contributed by atoms with Gasteiger partial charge in [-0.05, 0) is 47.5 Å². The average Bonchev–Trinajstić information content (AvgIpc) is 2.67. The molecular weight excluding hydrogens is 312 g/mol. The standard InChI is InChI=1S/C22H16O3/c1-24-17-11-8-15(9-12-17)6-7-16-10-13-19-21(14-16)25-20-5-3-2-4-18(20)22(19)23/h2-14H,1H3. The Morgan fingerprint density at radius 1 is 0.800 bits per heavy atom. The SMILES string of the molecule is COc1ccc(C=Cc2ccc3c(=O)c4ccccc4oc3c2)cc1. The average molecular weight is 328 g/mol. The maximum Gasteiger partial charge on any atom is 0.200 e. The second-order valence-corrected chi connectivity index (χ2v) is 5.79. The summed E-state index contributed by atoms with van der Waals surface area (Å²) in [5.41, 5.74) is 3.25. The molecule has 122 valence electrons. The summed E-state index contributed by atoms with van der Waals surface area (Å²) in [6, 6.07) is 20.8. The highest BCUT2D eigenvalue weighted by Crippen LogP contribution is 2.21. The fourth-order valence-corrected chi connectivity index (χ4v) is 2.83. The summed E-state index contributed by atoms with van der Waals surface area (Å²) >= 11 is 0. The van der Waals surface area contributed by atoms with Crippen LogP contribution in [0.2, 0.25) is 0 Å². The van der Waals surface area contributed by atoms with Crippen LogP contribution in [0.5, 0.6) is 5.75 Å². The van der Waals surface area contributed by atoms with Gasteiger partial charge in [0.15, 0.2) is 0 Å². The van der Waals surface area contributed by atoms with Crippen molar-refractivity contribution in [2.45, 2.75) is 0 Å². The third kappa shape index (κ3) is 2.92. The minimum absolute atomic E-state index is 0.00235. The van der Waals surface area contributed by atoms with Crippen molar-refractivity contribution in [3.8, 4) is 5.75 Å². The molecule has 0 unspecified atom stereocenters. The summed E-state index contributed by atoms with van der Waals surface area (Å²) in [7, 11) is 1.65. The molecule has 0 atom stereocenters. The van der Waals surface area contributed by atoms with Crippen LogP contribution in [0.25, 0.3) is 34.1 Å². The van der Waals surface area contributed by atoms with Crippen LogP contribution in [0, 0.1) is 0 Å². The first-order chi connectivity index (χ1) is 12.2. The van der Waals surface area contributed by atoms with E-state index < -0.39 is 0 Å². The Kier molecular flexibility index (Phi) is 3.82. The van der Waals surface area contributed by atoms with E-state index in [1.165, 1.54) is 0 Å². The molecule has 0 fully saturated rings. The molecule has 25 heavy (non-hydrogen) atoms. The zero-order chi connectivity index (χ0) is 17.2. The van der Waals surface area contributed by atoms with Gasteiger partial charge in [0.05, 0.1) is 17.9 Å². The number of rotatable bonds is 3. The lowest BCUT2D eigenvalue weighted by Crippen LogP contribution is -2.01. The molecule has 0 saturated heterocycles. The van der Waals surface area contributed by atoms with E-state index in [1.807, 2.05) is 72.8 Å². The molecule has 0 radical (unpaired) electrons. The first kappa shape index (κ1) is 15.2. The highest BCUT2D eigenvalue weighted by molar-refractivity contribution is 5.90. The van der Waals surface area contributed by atoms with E-state index in [1.54, 1.807) is 13.2 Å². The van der Waals surface area contributed by atoms with Gasteiger partial charge in [0.1, 0.15) is 16.9 Å². The number of para-hydroxylation sites is 1. The smallest absolute Gasteiger partial charge is 0.200 e. The van der Waals surface area contributed by atoms with Gasteiger partial charge < -0.3 is 9.15 Å². The Labute approximate surface area is 144 Å². The van der Waals surface area contributed by atoms with Crippen molar-refractivity contribution in [1.82, 2.24) is 0 Å². The summed E-state index contributed by atoms with van der Waals surface area (Å²) < 4.78 is 11.1. The molecule has 0 aliphatic rings. The lowest BCUT2D eigenvalue weighted by Gasteiger charge is -2.02. The Bertz CT molecular complexity index is 1140. The monoisotopic (exact) mass is 328 g/mol. The van der Waals surface area contributed by atoms with E-state index in [4.69, 9.17) is 9.15 Å². The van der Waals surface area contributed by atoms with Crippen LogP contribution in [0.15, 0.2) is 75.9 Å². The van der Waals surface area contributed by atoms with Gasteiger partial charge in [-0.1, -0.05) is 42.5 Å². The molecule has 4 rings (SSSR count). The number of methoxy groups -OCH3 is 1. The first-order valence-electron chi connectivity index (χ1n) is 8.02. The van der Waals surface area contributed by atoms with Crippen molar-refractivity contribution in [1.29, 1.82) is 0 Å². The van der Waals surface area contributed by atoms with Gasteiger partial charge >= 0.3 is 0 Å². The second kappa shape index (κ2) is 6.29. The Morgan fingerprint density at radius 3 is 2.28 bits per heavy atom. The topological polar surface area (TPSA) is 39.4 Å². The number of hydrogen-bond acceptors (Lipinski definition) is 3. The van der Waals surface area contributed by atoms with Gasteiger partial charge in [0.25, 0.3) is 0 Å². The van der Waals surface area contributed by atoms with Crippen LogP contribution in [0.3, 0.4) is 0 Å². The molecule has 3 nitrogen and oxygen atoms in total. The summed E-state index contributed by atoms with van der Waals surface area (Å²) in [5.74, 6) is 0.830. The molecule has 0 spiro atoms. The van der Waals surface area contributed by atoms with E-state index >= 15 is 0 Å². The van der Waals surface area contributed by atoms with Crippen LogP contribution in [-0.2, 0) is 0 Å². The summed E-state index contributed by atoms with van der Waals surface area (Å²) in [4.78, 5) is 12.5. The number of fused-ring (bicyclic) bond motifs is 2. The minimum Gasteiger partial charge on any atom is -0.497 e. The van der Waals surface area contributed by atoms with Crippen molar-refractivity contribution in [2.75, 3.05) is 7.11 Å². The van der Waals surface area contributed by atoms with Crippen LogP contribution in [0.1, 0.15) is 11.1 Å². The predicted octanol–water partition coefficient (Wildman–Crippen LogP) is 5.13. The summed E-state index contributed by atoms with van der Waals surface area (Å²) in [6.45, 7) is 0. The Hall–Kier alpha value is -3.33.